The summed E-state index contributed by atoms with van der Waals surface area (Å²) in [6.45, 7) is 1.82. The minimum atomic E-state index is -0.711. The van der Waals surface area contributed by atoms with Crippen LogP contribution in [0, 0.1) is 0 Å². The Bertz CT molecular complexity index is 1420. The first kappa shape index (κ1) is 18.8. The van der Waals surface area contributed by atoms with Crippen molar-refractivity contribution in [3.63, 3.8) is 0 Å². The second-order valence-corrected chi connectivity index (χ2v) is 7.20. The average Bonchev–Trinajstić information content (AvgIpc) is 2.78. The van der Waals surface area contributed by atoms with Gasteiger partial charge in [0.05, 0.1) is 17.9 Å². The van der Waals surface area contributed by atoms with Gasteiger partial charge >= 0.3 is 5.97 Å². The molecule has 0 amide bonds. The van der Waals surface area contributed by atoms with E-state index in [1.165, 1.54) is 0 Å². The minimum Gasteiger partial charge on any atom is -0.462 e. The molecule has 5 rings (SSSR count). The lowest BCUT2D eigenvalue weighted by atomic mass is 9.81. The maximum absolute atomic E-state index is 13.5. The average molecular weight is 410 g/mol. The normalized spacial score (nSPS) is 11.8. The van der Waals surface area contributed by atoms with E-state index in [0.717, 1.165) is 5.69 Å². The fourth-order valence-corrected chi connectivity index (χ4v) is 4.11. The van der Waals surface area contributed by atoms with Crippen LogP contribution in [-0.2, 0) is 4.74 Å². The highest BCUT2D eigenvalue weighted by molar-refractivity contribution is 6.29. The van der Waals surface area contributed by atoms with Crippen LogP contribution in [-0.4, -0.2) is 23.3 Å². The minimum absolute atomic E-state index is 0.0904. The lowest BCUT2D eigenvalue weighted by Crippen LogP contribution is -2.24. The van der Waals surface area contributed by atoms with Crippen molar-refractivity contribution in [1.82, 2.24) is 4.98 Å². The van der Waals surface area contributed by atoms with E-state index in [1.807, 2.05) is 30.3 Å². The maximum atomic E-state index is 13.5. The number of aromatic nitrogens is 1. The van der Waals surface area contributed by atoms with Crippen LogP contribution in [0.2, 0.25) is 0 Å². The highest BCUT2D eigenvalue weighted by atomic mass is 16.5. The van der Waals surface area contributed by atoms with Crippen molar-refractivity contribution in [3.8, 4) is 11.1 Å². The van der Waals surface area contributed by atoms with E-state index in [0.29, 0.717) is 38.8 Å². The van der Waals surface area contributed by atoms with Gasteiger partial charge in [-0.1, -0.05) is 42.5 Å². The van der Waals surface area contributed by atoms with Crippen molar-refractivity contribution in [2.75, 3.05) is 11.9 Å². The molecule has 0 saturated heterocycles. The van der Waals surface area contributed by atoms with Gasteiger partial charge in [0.1, 0.15) is 5.56 Å². The zero-order valence-electron chi connectivity index (χ0n) is 16.7. The van der Waals surface area contributed by atoms with E-state index in [9.17, 15) is 14.4 Å². The van der Waals surface area contributed by atoms with Crippen LogP contribution in [0.25, 0.3) is 22.0 Å². The number of para-hydroxylation sites is 1. The summed E-state index contributed by atoms with van der Waals surface area (Å²) >= 11 is 0. The summed E-state index contributed by atoms with van der Waals surface area (Å²) in [5.41, 5.74) is 3.11. The van der Waals surface area contributed by atoms with Crippen LogP contribution in [0.5, 0.6) is 0 Å². The number of ketones is 1. The molecule has 0 bridgehead atoms. The molecule has 0 radical (unpaired) electrons. The molecule has 6 heteroatoms. The molecule has 0 unspecified atom stereocenters. The molecule has 1 heterocycles. The monoisotopic (exact) mass is 410 g/mol. The second kappa shape index (κ2) is 7.25. The summed E-state index contributed by atoms with van der Waals surface area (Å²) in [6, 6.07) is 20.0. The third-order valence-corrected chi connectivity index (χ3v) is 5.38. The molecular weight excluding hydrogens is 392 g/mol. The molecule has 31 heavy (non-hydrogen) atoms. The molecule has 1 aliphatic carbocycles. The first-order valence-corrected chi connectivity index (χ1v) is 9.96. The van der Waals surface area contributed by atoms with Gasteiger partial charge in [-0.3, -0.25) is 9.59 Å². The fourth-order valence-electron chi connectivity index (χ4n) is 4.11. The van der Waals surface area contributed by atoms with Gasteiger partial charge in [-0.15, -0.1) is 0 Å². The van der Waals surface area contributed by atoms with E-state index in [4.69, 9.17) is 4.74 Å². The third-order valence-electron chi connectivity index (χ3n) is 5.38. The number of hydrogen-bond donors (Lipinski definition) is 2. The zero-order chi connectivity index (χ0) is 21.5. The van der Waals surface area contributed by atoms with Gasteiger partial charge < -0.3 is 15.0 Å². The molecule has 0 spiro atoms. The topological polar surface area (TPSA) is 88.3 Å². The Morgan fingerprint density at radius 2 is 1.61 bits per heavy atom. The predicted octanol–water partition coefficient (Wildman–Crippen LogP) is 4.66. The smallest absolute Gasteiger partial charge is 0.344 e. The van der Waals surface area contributed by atoms with Gasteiger partial charge in [-0.05, 0) is 36.8 Å². The number of pyridine rings is 1. The SMILES string of the molecule is CCOC(=O)c1c2c3c(c(Nc4ccccc4)ccc3[nH]c1=O)C(=O)c1ccccc1-2. The number of anilines is 2. The van der Waals surface area contributed by atoms with Crippen molar-refractivity contribution in [3.05, 3.63) is 93.8 Å². The van der Waals surface area contributed by atoms with Gasteiger partial charge in [0, 0.05) is 27.7 Å². The standard InChI is InChI=1S/C25H18N2O4/c1-2-31-25(30)22-19-15-10-6-7-11-16(15)23(28)21-18(26-14-8-4-3-5-9-14)13-12-17(20(19)21)27-24(22)29/h3-13,26H,2H2,1H3,(H,27,29). The van der Waals surface area contributed by atoms with E-state index in [1.54, 1.807) is 43.3 Å². The zero-order valence-corrected chi connectivity index (χ0v) is 16.7. The van der Waals surface area contributed by atoms with Crippen LogP contribution < -0.4 is 10.9 Å². The molecule has 3 aromatic carbocycles. The van der Waals surface area contributed by atoms with Crippen LogP contribution in [0.1, 0.15) is 33.2 Å². The third kappa shape index (κ3) is 2.92. The number of rotatable bonds is 4. The Morgan fingerprint density at radius 3 is 2.35 bits per heavy atom. The Balaban J connectivity index is 1.89. The van der Waals surface area contributed by atoms with Crippen molar-refractivity contribution in [2.45, 2.75) is 6.92 Å². The van der Waals surface area contributed by atoms with Crippen molar-refractivity contribution >= 4 is 34.0 Å². The van der Waals surface area contributed by atoms with Crippen molar-refractivity contribution in [1.29, 1.82) is 0 Å². The van der Waals surface area contributed by atoms with Crippen molar-refractivity contribution in [2.24, 2.45) is 0 Å². The number of nitrogens with one attached hydrogen (secondary N) is 2. The molecule has 6 nitrogen and oxygen atoms in total. The van der Waals surface area contributed by atoms with E-state index in [2.05, 4.69) is 10.3 Å². The van der Waals surface area contributed by atoms with Crippen LogP contribution in [0.3, 0.4) is 0 Å². The van der Waals surface area contributed by atoms with Gasteiger partial charge in [0.25, 0.3) is 5.56 Å². The largest absolute Gasteiger partial charge is 0.462 e. The predicted molar refractivity (Wildman–Crippen MR) is 119 cm³/mol. The van der Waals surface area contributed by atoms with Crippen LogP contribution >= 0.6 is 0 Å². The van der Waals surface area contributed by atoms with Gasteiger partial charge in [0.2, 0.25) is 0 Å². The van der Waals surface area contributed by atoms with E-state index >= 15 is 0 Å². The number of carbonyl (C=O) groups excluding carboxylic acids is 2. The number of benzene rings is 3. The molecule has 0 atom stereocenters. The fraction of sp³-hybridized carbons (Fsp3) is 0.0800. The Morgan fingerprint density at radius 1 is 0.903 bits per heavy atom. The Labute approximate surface area is 177 Å². The summed E-state index contributed by atoms with van der Waals surface area (Å²) in [4.78, 5) is 41.9. The number of carbonyl (C=O) groups is 2. The van der Waals surface area contributed by atoms with E-state index < -0.39 is 11.5 Å². The molecular formula is C25H18N2O4. The molecule has 152 valence electrons. The summed E-state index contributed by atoms with van der Waals surface area (Å²) in [5, 5.41) is 3.83. The number of hydrogen-bond acceptors (Lipinski definition) is 5. The number of ether oxygens (including phenoxy) is 1. The molecule has 2 N–H and O–H groups in total. The summed E-state index contributed by atoms with van der Waals surface area (Å²) < 4.78 is 5.17. The summed E-state index contributed by atoms with van der Waals surface area (Å²) in [7, 11) is 0. The van der Waals surface area contributed by atoms with Gasteiger partial charge in [0.15, 0.2) is 5.78 Å². The highest BCUT2D eigenvalue weighted by Crippen LogP contribution is 2.43. The number of esters is 1. The number of aromatic amines is 1. The molecule has 1 aliphatic rings. The number of fused-ring (bicyclic) bond motifs is 2. The Hall–Kier alpha value is -4.19. The first-order valence-electron chi connectivity index (χ1n) is 9.96. The van der Waals surface area contributed by atoms with Crippen LogP contribution in [0.4, 0.5) is 11.4 Å². The molecule has 1 aromatic heterocycles. The van der Waals surface area contributed by atoms with Crippen LogP contribution in [0.15, 0.2) is 71.5 Å². The molecule has 0 aliphatic heterocycles. The summed E-state index contributed by atoms with van der Waals surface area (Å²) in [5.74, 6) is -0.883. The quantitative estimate of drug-likeness (QED) is 0.421. The number of H-pyrrole nitrogens is 1. The van der Waals surface area contributed by atoms with E-state index in [-0.39, 0.29) is 18.0 Å². The Kier molecular flexibility index (Phi) is 4.40. The molecule has 0 fully saturated rings. The maximum Gasteiger partial charge on any atom is 0.344 e. The van der Waals surface area contributed by atoms with Gasteiger partial charge in [-0.25, -0.2) is 4.79 Å². The molecule has 4 aromatic rings. The molecule has 0 saturated carbocycles. The second-order valence-electron chi connectivity index (χ2n) is 7.20. The lowest BCUT2D eigenvalue weighted by molar-refractivity contribution is 0.0525. The first-order chi connectivity index (χ1) is 15.1. The van der Waals surface area contributed by atoms with Crippen molar-refractivity contribution < 1.29 is 14.3 Å². The lowest BCUT2D eigenvalue weighted by Gasteiger charge is -2.24. The van der Waals surface area contributed by atoms with Gasteiger partial charge in [-0.2, -0.15) is 0 Å². The summed E-state index contributed by atoms with van der Waals surface area (Å²) in [6.07, 6.45) is 0. The highest BCUT2D eigenvalue weighted by Gasteiger charge is 2.33.